The van der Waals surface area contributed by atoms with Crippen LogP contribution in [0.15, 0.2) is 0 Å². The molecular formula is C13H20F6N2O4. The average molecular weight is 382 g/mol. The van der Waals surface area contributed by atoms with E-state index in [1.165, 1.54) is 26.1 Å². The van der Waals surface area contributed by atoms with Crippen LogP contribution in [0.3, 0.4) is 0 Å². The number of carbonyl (C=O) groups is 2. The maximum atomic E-state index is 10.6. The minimum absolute atomic E-state index is 0.724. The van der Waals surface area contributed by atoms with Crippen molar-refractivity contribution in [3.05, 3.63) is 0 Å². The van der Waals surface area contributed by atoms with E-state index in [0.29, 0.717) is 0 Å². The Labute approximate surface area is 139 Å². The third-order valence-corrected chi connectivity index (χ3v) is 3.22. The average Bonchev–Trinajstić information content (AvgIpc) is 2.99. The van der Waals surface area contributed by atoms with Gasteiger partial charge in [-0.25, -0.2) is 9.59 Å². The third kappa shape index (κ3) is 9.48. The van der Waals surface area contributed by atoms with Crippen molar-refractivity contribution in [2.75, 3.05) is 19.6 Å². The Morgan fingerprint density at radius 1 is 1.08 bits per heavy atom. The highest BCUT2D eigenvalue weighted by Gasteiger charge is 2.39. The second-order valence-electron chi connectivity index (χ2n) is 5.98. The molecule has 2 atom stereocenters. The normalized spacial score (nSPS) is 22.8. The second-order valence-corrected chi connectivity index (χ2v) is 5.98. The fourth-order valence-electron chi connectivity index (χ4n) is 2.33. The molecule has 0 aliphatic carbocycles. The molecule has 0 unspecified atom stereocenters. The van der Waals surface area contributed by atoms with E-state index in [2.05, 4.69) is 24.1 Å². The van der Waals surface area contributed by atoms with Gasteiger partial charge in [0.1, 0.15) is 0 Å². The summed E-state index contributed by atoms with van der Waals surface area (Å²) in [5, 5.41) is 17.8. The summed E-state index contributed by atoms with van der Waals surface area (Å²) in [7, 11) is 0. The van der Waals surface area contributed by atoms with Crippen LogP contribution in [0.4, 0.5) is 26.3 Å². The number of aliphatic carboxylic acids is 2. The molecule has 0 aromatic carbocycles. The van der Waals surface area contributed by atoms with Gasteiger partial charge in [0.15, 0.2) is 0 Å². The summed E-state index contributed by atoms with van der Waals surface area (Å²) in [4.78, 5) is 20.4. The lowest BCUT2D eigenvalue weighted by Gasteiger charge is -2.28. The number of hydrogen-bond donors (Lipinski definition) is 3. The van der Waals surface area contributed by atoms with Gasteiger partial charge in [-0.3, -0.25) is 4.90 Å². The van der Waals surface area contributed by atoms with Crippen LogP contribution in [0, 0.1) is 11.8 Å². The van der Waals surface area contributed by atoms with Crippen molar-refractivity contribution >= 4 is 11.9 Å². The van der Waals surface area contributed by atoms with E-state index >= 15 is 0 Å². The van der Waals surface area contributed by atoms with E-state index < -0.39 is 24.3 Å². The van der Waals surface area contributed by atoms with Gasteiger partial charge in [-0.15, -0.1) is 0 Å². The molecule has 2 fully saturated rings. The number of rotatable bonds is 2. The molecule has 2 heterocycles. The monoisotopic (exact) mass is 382 g/mol. The first-order chi connectivity index (χ1) is 11.1. The largest absolute Gasteiger partial charge is 0.490 e. The first-order valence-electron chi connectivity index (χ1n) is 7.22. The molecule has 25 heavy (non-hydrogen) atoms. The van der Waals surface area contributed by atoms with E-state index in [1.807, 2.05) is 0 Å². The molecule has 6 nitrogen and oxygen atoms in total. The number of carboxylic acid groups (broad SMARTS) is 2. The standard InChI is InChI=1S/C9H18N2.2C2HF3O2/c1-7(2)5-11-6-8-3-9(11)10-4-8;2*3-2(4,5)1(6)7/h7-10H,3-6H2,1-2H3;2*(H,6,7)/t8-,9+;;/m0../s1. The van der Waals surface area contributed by atoms with Gasteiger partial charge in [-0.2, -0.15) is 26.3 Å². The van der Waals surface area contributed by atoms with Crippen LogP contribution in [0.5, 0.6) is 0 Å². The first-order valence-corrected chi connectivity index (χ1v) is 7.22. The number of nitrogens with zero attached hydrogens (tertiary/aromatic N) is 1. The summed E-state index contributed by atoms with van der Waals surface area (Å²) in [6, 6.07) is 0. The Morgan fingerprint density at radius 3 is 1.68 bits per heavy atom. The van der Waals surface area contributed by atoms with Crippen molar-refractivity contribution in [1.29, 1.82) is 0 Å². The second kappa shape index (κ2) is 9.22. The van der Waals surface area contributed by atoms with Crippen LogP contribution in [0.1, 0.15) is 20.3 Å². The van der Waals surface area contributed by atoms with Gasteiger partial charge in [0.2, 0.25) is 0 Å². The number of alkyl halides is 6. The summed E-state index contributed by atoms with van der Waals surface area (Å²) in [5.41, 5.74) is 0. The number of fused-ring (bicyclic) bond motifs is 2. The summed E-state index contributed by atoms with van der Waals surface area (Å²) in [5.74, 6) is -3.74. The zero-order chi connectivity index (χ0) is 20.0. The summed E-state index contributed by atoms with van der Waals surface area (Å²) in [6.07, 6.45) is -8.05. The molecule has 148 valence electrons. The highest BCUT2D eigenvalue weighted by atomic mass is 19.4. The van der Waals surface area contributed by atoms with E-state index in [1.54, 1.807) is 0 Å². The highest BCUT2D eigenvalue weighted by molar-refractivity contribution is 5.73. The lowest BCUT2D eigenvalue weighted by Crippen LogP contribution is -2.45. The predicted octanol–water partition coefficient (Wildman–Crippen LogP) is 2.16. The van der Waals surface area contributed by atoms with Gasteiger partial charge in [0.25, 0.3) is 0 Å². The van der Waals surface area contributed by atoms with Crippen LogP contribution in [-0.2, 0) is 9.59 Å². The van der Waals surface area contributed by atoms with Gasteiger partial charge in [0.05, 0.1) is 6.17 Å². The number of hydrogen-bond acceptors (Lipinski definition) is 4. The van der Waals surface area contributed by atoms with E-state index in [-0.39, 0.29) is 0 Å². The van der Waals surface area contributed by atoms with E-state index in [4.69, 9.17) is 19.8 Å². The van der Waals surface area contributed by atoms with Gasteiger partial charge >= 0.3 is 24.3 Å². The Hall–Kier alpha value is -1.56. The fraction of sp³-hybridized carbons (Fsp3) is 0.846. The van der Waals surface area contributed by atoms with Crippen molar-refractivity contribution in [1.82, 2.24) is 10.2 Å². The van der Waals surface area contributed by atoms with Crippen LogP contribution in [0.25, 0.3) is 0 Å². The highest BCUT2D eigenvalue weighted by Crippen LogP contribution is 2.27. The van der Waals surface area contributed by atoms with E-state index in [0.717, 1.165) is 18.0 Å². The Bertz CT molecular complexity index is 429. The topological polar surface area (TPSA) is 89.9 Å². The van der Waals surface area contributed by atoms with Gasteiger partial charge < -0.3 is 15.5 Å². The SMILES string of the molecule is CC(C)CN1C[C@@H]2CN[C@H]1C2.O=C(O)C(F)(F)F.O=C(O)C(F)(F)F. The Kier molecular flexibility index (Phi) is 8.65. The van der Waals surface area contributed by atoms with Crippen LogP contribution in [0.2, 0.25) is 0 Å². The van der Waals surface area contributed by atoms with E-state index in [9.17, 15) is 26.3 Å². The Morgan fingerprint density at radius 2 is 1.48 bits per heavy atom. The molecule has 0 radical (unpaired) electrons. The molecule has 0 spiro atoms. The smallest absolute Gasteiger partial charge is 0.475 e. The van der Waals surface area contributed by atoms with Gasteiger partial charge in [0, 0.05) is 19.6 Å². The molecule has 3 N–H and O–H groups in total. The van der Waals surface area contributed by atoms with Gasteiger partial charge in [-0.1, -0.05) is 13.8 Å². The minimum Gasteiger partial charge on any atom is -0.475 e. The lowest BCUT2D eigenvalue weighted by atomic mass is 10.1. The molecule has 2 aliphatic rings. The van der Waals surface area contributed by atoms with Crippen LogP contribution < -0.4 is 5.32 Å². The van der Waals surface area contributed by atoms with Gasteiger partial charge in [-0.05, 0) is 18.3 Å². The predicted molar refractivity (Wildman–Crippen MR) is 73.7 cm³/mol. The van der Waals surface area contributed by atoms with Crippen molar-refractivity contribution in [2.45, 2.75) is 38.8 Å². The number of carboxylic acids is 2. The molecule has 0 aromatic rings. The van der Waals surface area contributed by atoms with Crippen molar-refractivity contribution in [3.8, 4) is 0 Å². The molecule has 0 saturated carbocycles. The quantitative estimate of drug-likeness (QED) is 0.635. The molecule has 0 amide bonds. The number of likely N-dealkylation sites (tertiary alicyclic amines) is 1. The summed E-state index contributed by atoms with van der Waals surface area (Å²) in [6.45, 7) is 8.47. The Balaban J connectivity index is 0.000000366. The maximum absolute atomic E-state index is 10.6. The molecule has 2 rings (SSSR count). The maximum Gasteiger partial charge on any atom is 0.490 e. The summed E-state index contributed by atoms with van der Waals surface area (Å²) >= 11 is 0. The summed E-state index contributed by atoms with van der Waals surface area (Å²) < 4.78 is 63.5. The molecule has 12 heteroatoms. The molecule has 2 bridgehead atoms. The first kappa shape index (κ1) is 23.4. The number of halogens is 6. The molecule has 2 saturated heterocycles. The molecular weight excluding hydrogens is 362 g/mol. The zero-order valence-corrected chi connectivity index (χ0v) is 13.5. The lowest BCUT2D eigenvalue weighted by molar-refractivity contribution is -0.193. The zero-order valence-electron chi connectivity index (χ0n) is 13.5. The van der Waals surface area contributed by atoms with Crippen molar-refractivity contribution < 1.29 is 46.1 Å². The molecule has 2 aliphatic heterocycles. The van der Waals surface area contributed by atoms with Crippen molar-refractivity contribution in [2.24, 2.45) is 11.8 Å². The van der Waals surface area contributed by atoms with Crippen LogP contribution >= 0.6 is 0 Å². The molecule has 0 aromatic heterocycles. The van der Waals surface area contributed by atoms with Crippen molar-refractivity contribution in [3.63, 3.8) is 0 Å². The van der Waals surface area contributed by atoms with Crippen LogP contribution in [-0.4, -0.2) is 65.2 Å². The number of nitrogens with one attached hydrogen (secondary N) is 1. The minimum atomic E-state index is -5.08. The fourth-order valence-corrected chi connectivity index (χ4v) is 2.33. The third-order valence-electron chi connectivity index (χ3n) is 3.22.